The van der Waals surface area contributed by atoms with Crippen molar-refractivity contribution < 1.29 is 19.1 Å². The molecule has 7 heteroatoms. The molecule has 1 unspecified atom stereocenters. The monoisotopic (exact) mass is 483 g/mol. The maximum Gasteiger partial charge on any atom is 0.408 e. The Kier molecular flexibility index (Phi) is 9.76. The molecule has 1 aliphatic carbocycles. The number of alkyl carbamates (subject to hydrolysis) is 1. The predicted molar refractivity (Wildman–Crippen MR) is 138 cm³/mol. The fourth-order valence-electron chi connectivity index (χ4n) is 4.25. The maximum atomic E-state index is 13.7. The van der Waals surface area contributed by atoms with Crippen molar-refractivity contribution in [2.24, 2.45) is 0 Å². The Morgan fingerprint density at radius 1 is 1.09 bits per heavy atom. The molecule has 0 spiro atoms. The summed E-state index contributed by atoms with van der Waals surface area (Å²) in [6.45, 7) is 10.8. The minimum Gasteiger partial charge on any atom is -0.444 e. The highest BCUT2D eigenvalue weighted by atomic mass is 16.6. The second-order valence-corrected chi connectivity index (χ2v) is 10.8. The first kappa shape index (κ1) is 28.2. The van der Waals surface area contributed by atoms with Crippen molar-refractivity contribution in [1.29, 1.82) is 0 Å². The fourth-order valence-corrected chi connectivity index (χ4v) is 4.25. The number of benzene rings is 1. The molecule has 1 atom stereocenters. The van der Waals surface area contributed by atoms with Gasteiger partial charge in [0.05, 0.1) is 0 Å². The van der Waals surface area contributed by atoms with E-state index in [0.717, 1.165) is 25.7 Å². The minimum atomic E-state index is -0.869. The average Bonchev–Trinajstić information content (AvgIpc) is 2.80. The van der Waals surface area contributed by atoms with Crippen LogP contribution in [0.5, 0.6) is 0 Å². The van der Waals surface area contributed by atoms with Crippen molar-refractivity contribution in [2.45, 2.75) is 103 Å². The van der Waals surface area contributed by atoms with Crippen LogP contribution in [0.2, 0.25) is 0 Å². The first-order valence-corrected chi connectivity index (χ1v) is 12.5. The molecular formula is C28H41N3O4. The van der Waals surface area contributed by atoms with Gasteiger partial charge in [-0.25, -0.2) is 4.79 Å². The number of terminal acetylenes is 1. The van der Waals surface area contributed by atoms with Gasteiger partial charge in [0.2, 0.25) is 11.8 Å². The van der Waals surface area contributed by atoms with Gasteiger partial charge in [0.15, 0.2) is 0 Å². The molecule has 1 saturated carbocycles. The number of nitrogens with one attached hydrogen (secondary N) is 2. The third-order valence-corrected chi connectivity index (χ3v) is 6.42. The Morgan fingerprint density at radius 3 is 2.20 bits per heavy atom. The van der Waals surface area contributed by atoms with E-state index in [1.807, 2.05) is 20.8 Å². The summed E-state index contributed by atoms with van der Waals surface area (Å²) in [6, 6.07) is 6.37. The van der Waals surface area contributed by atoms with Crippen LogP contribution in [0.25, 0.3) is 0 Å². The van der Waals surface area contributed by atoms with Crippen LogP contribution in [0.15, 0.2) is 24.3 Å². The van der Waals surface area contributed by atoms with E-state index in [1.165, 1.54) is 6.42 Å². The van der Waals surface area contributed by atoms with Gasteiger partial charge in [0.25, 0.3) is 0 Å². The quantitative estimate of drug-likeness (QED) is 0.525. The van der Waals surface area contributed by atoms with Gasteiger partial charge in [0.1, 0.15) is 18.2 Å². The number of carbonyl (C=O) groups excluding carboxylic acids is 3. The predicted octanol–water partition coefficient (Wildman–Crippen LogP) is 4.70. The number of nitrogens with zero attached hydrogens (tertiary/aromatic N) is 1. The minimum absolute atomic E-state index is 0.0883. The van der Waals surface area contributed by atoms with Crippen LogP contribution in [0.4, 0.5) is 4.79 Å². The molecule has 0 bridgehead atoms. The van der Waals surface area contributed by atoms with Crippen LogP contribution in [-0.2, 0) is 14.3 Å². The Labute approximate surface area is 210 Å². The zero-order valence-corrected chi connectivity index (χ0v) is 22.1. The SMILES string of the molecule is C#Cc1ccc(C(C(=O)NC2CCCCC2)N(C(=O)CNC(=O)OC(C)(C)C)C(C)(C)CC)cc1. The van der Waals surface area contributed by atoms with Crippen LogP contribution < -0.4 is 10.6 Å². The normalized spacial score (nSPS) is 15.5. The molecule has 1 aromatic carbocycles. The zero-order chi connectivity index (χ0) is 26.2. The van der Waals surface area contributed by atoms with Crippen molar-refractivity contribution in [3.8, 4) is 12.3 Å². The lowest BCUT2D eigenvalue weighted by molar-refractivity contribution is -0.147. The topological polar surface area (TPSA) is 87.7 Å². The smallest absolute Gasteiger partial charge is 0.408 e. The molecule has 3 amide bonds. The van der Waals surface area contributed by atoms with Gasteiger partial charge in [-0.05, 0) is 71.6 Å². The molecule has 7 nitrogen and oxygen atoms in total. The highest BCUT2D eigenvalue weighted by Crippen LogP contribution is 2.32. The molecule has 0 heterocycles. The zero-order valence-electron chi connectivity index (χ0n) is 22.1. The van der Waals surface area contributed by atoms with Crippen molar-refractivity contribution in [3.05, 3.63) is 35.4 Å². The largest absolute Gasteiger partial charge is 0.444 e. The van der Waals surface area contributed by atoms with Crippen molar-refractivity contribution in [3.63, 3.8) is 0 Å². The van der Waals surface area contributed by atoms with Gasteiger partial charge >= 0.3 is 6.09 Å². The third kappa shape index (κ3) is 8.31. The summed E-state index contributed by atoms with van der Waals surface area (Å²) < 4.78 is 5.28. The molecule has 1 aliphatic rings. The summed E-state index contributed by atoms with van der Waals surface area (Å²) >= 11 is 0. The summed E-state index contributed by atoms with van der Waals surface area (Å²) in [5.41, 5.74) is 0.0202. The van der Waals surface area contributed by atoms with Gasteiger partial charge in [-0.2, -0.15) is 0 Å². The molecule has 2 N–H and O–H groups in total. The van der Waals surface area contributed by atoms with Gasteiger partial charge in [-0.15, -0.1) is 6.42 Å². The second kappa shape index (κ2) is 12.1. The van der Waals surface area contributed by atoms with E-state index in [4.69, 9.17) is 11.2 Å². The molecule has 35 heavy (non-hydrogen) atoms. The Morgan fingerprint density at radius 2 is 1.69 bits per heavy atom. The number of ether oxygens (including phenoxy) is 1. The van der Waals surface area contributed by atoms with Crippen molar-refractivity contribution >= 4 is 17.9 Å². The molecule has 0 saturated heterocycles. The summed E-state index contributed by atoms with van der Waals surface area (Å²) in [4.78, 5) is 41.1. The average molecular weight is 484 g/mol. The molecule has 192 valence electrons. The summed E-state index contributed by atoms with van der Waals surface area (Å²) in [5.74, 6) is 2.00. The lowest BCUT2D eigenvalue weighted by Gasteiger charge is -2.43. The number of amides is 3. The molecule has 0 aromatic heterocycles. The molecule has 2 rings (SSSR count). The van der Waals surface area contributed by atoms with Gasteiger partial charge in [-0.3, -0.25) is 9.59 Å². The number of hydrogen-bond donors (Lipinski definition) is 2. The van der Waals surface area contributed by atoms with E-state index in [9.17, 15) is 14.4 Å². The van der Waals surface area contributed by atoms with Crippen molar-refractivity contribution in [1.82, 2.24) is 15.5 Å². The van der Waals surface area contributed by atoms with Gasteiger partial charge in [0, 0.05) is 17.1 Å². The van der Waals surface area contributed by atoms with E-state index >= 15 is 0 Å². The molecule has 1 aromatic rings. The van der Waals surface area contributed by atoms with Crippen LogP contribution in [-0.4, -0.2) is 46.5 Å². The van der Waals surface area contributed by atoms with Crippen LogP contribution >= 0.6 is 0 Å². The number of rotatable bonds is 8. The van der Waals surface area contributed by atoms with E-state index in [-0.39, 0.29) is 24.4 Å². The fraction of sp³-hybridized carbons (Fsp3) is 0.607. The highest BCUT2D eigenvalue weighted by molar-refractivity contribution is 5.91. The van der Waals surface area contributed by atoms with Gasteiger partial charge in [-0.1, -0.05) is 44.2 Å². The second-order valence-electron chi connectivity index (χ2n) is 10.8. The summed E-state index contributed by atoms with van der Waals surface area (Å²) in [5, 5.41) is 5.74. The van der Waals surface area contributed by atoms with E-state index in [0.29, 0.717) is 17.5 Å². The molecule has 1 fully saturated rings. The van der Waals surface area contributed by atoms with E-state index in [2.05, 4.69) is 16.6 Å². The number of carbonyl (C=O) groups is 3. The van der Waals surface area contributed by atoms with E-state index < -0.39 is 23.3 Å². The first-order valence-electron chi connectivity index (χ1n) is 12.5. The Hall–Kier alpha value is -3.01. The van der Waals surface area contributed by atoms with Crippen LogP contribution in [0.3, 0.4) is 0 Å². The highest BCUT2D eigenvalue weighted by Gasteiger charge is 2.40. The standard InChI is InChI=1S/C28H41N3O4/c1-8-20-15-17-21(18-16-20)24(25(33)30-22-13-11-10-12-14-22)31(28(6,7)9-2)23(32)19-29-26(34)35-27(3,4)5/h1,15-18,22,24H,9-14,19H2,2-7H3,(H,29,34)(H,30,33). The van der Waals surface area contributed by atoms with Crippen molar-refractivity contribution in [2.75, 3.05) is 6.54 Å². The lowest BCUT2D eigenvalue weighted by Crippen LogP contribution is -2.56. The van der Waals surface area contributed by atoms with Gasteiger partial charge < -0.3 is 20.3 Å². The molecule has 0 aliphatic heterocycles. The van der Waals surface area contributed by atoms with Crippen LogP contribution in [0, 0.1) is 12.3 Å². The first-order chi connectivity index (χ1) is 16.4. The summed E-state index contributed by atoms with van der Waals surface area (Å²) in [6.07, 6.45) is 10.6. The number of hydrogen-bond acceptors (Lipinski definition) is 4. The van der Waals surface area contributed by atoms with Crippen LogP contribution in [0.1, 0.15) is 97.2 Å². The third-order valence-electron chi connectivity index (χ3n) is 6.42. The Bertz CT molecular complexity index is 919. The summed E-state index contributed by atoms with van der Waals surface area (Å²) in [7, 11) is 0. The molecular weight excluding hydrogens is 442 g/mol. The van der Waals surface area contributed by atoms with E-state index in [1.54, 1.807) is 49.9 Å². The maximum absolute atomic E-state index is 13.7. The Balaban J connectivity index is 2.39. The lowest BCUT2D eigenvalue weighted by atomic mass is 9.91. The molecule has 0 radical (unpaired) electrons.